The number of hydrogen-bond acceptors (Lipinski definition) is 2. The van der Waals surface area contributed by atoms with Crippen molar-refractivity contribution >= 4 is 45.8 Å². The van der Waals surface area contributed by atoms with Gasteiger partial charge in [0.2, 0.25) is 0 Å². The zero-order valence-corrected chi connectivity index (χ0v) is 12.5. The Bertz CT molecular complexity index is 601. The number of nitrogens with one attached hydrogen (secondary N) is 1. The van der Waals surface area contributed by atoms with Crippen molar-refractivity contribution in [3.05, 3.63) is 56.4 Å². The number of benzene rings is 1. The van der Waals surface area contributed by atoms with Crippen LogP contribution in [-0.4, -0.2) is 10.9 Å². The average molecular weight is 373 g/mol. The Labute approximate surface area is 124 Å². The molecule has 1 heterocycles. The summed E-state index contributed by atoms with van der Waals surface area (Å²) in [6, 6.07) is 6.99. The second-order valence-electron chi connectivity index (χ2n) is 3.77. The number of nitrogens with zero attached hydrogens (tertiary/aromatic N) is 1. The molecule has 0 radical (unpaired) electrons. The van der Waals surface area contributed by atoms with Crippen LogP contribution >= 0.6 is 34.2 Å². The fourth-order valence-corrected chi connectivity index (χ4v) is 1.96. The molecule has 0 fully saturated rings. The van der Waals surface area contributed by atoms with E-state index >= 15 is 0 Å². The Balaban J connectivity index is 2.22. The summed E-state index contributed by atoms with van der Waals surface area (Å²) in [7, 11) is 0. The fraction of sp³-hybridized carbons (Fsp3) is 0.0769. The standard InChI is InChI=1S/C13H10ClIN2O/c1-8-7-16-5-4-12(8)17-13(18)9-2-3-11(15)10(14)6-9/h2-7H,1H3,(H,16,17,18). The van der Waals surface area contributed by atoms with Crippen LogP contribution < -0.4 is 5.32 Å². The summed E-state index contributed by atoms with van der Waals surface area (Å²) in [5.74, 6) is -0.178. The first-order valence-electron chi connectivity index (χ1n) is 5.25. The van der Waals surface area contributed by atoms with Crippen LogP contribution in [-0.2, 0) is 0 Å². The molecule has 0 spiro atoms. The Kier molecular flexibility index (Phi) is 4.19. The maximum absolute atomic E-state index is 12.0. The van der Waals surface area contributed by atoms with Crippen molar-refractivity contribution < 1.29 is 4.79 Å². The number of carbonyl (C=O) groups excluding carboxylic acids is 1. The molecule has 0 atom stereocenters. The normalized spacial score (nSPS) is 10.2. The molecule has 18 heavy (non-hydrogen) atoms. The highest BCUT2D eigenvalue weighted by atomic mass is 127. The van der Waals surface area contributed by atoms with Crippen LogP contribution in [0.3, 0.4) is 0 Å². The van der Waals surface area contributed by atoms with Gasteiger partial charge < -0.3 is 5.32 Å². The molecule has 5 heteroatoms. The lowest BCUT2D eigenvalue weighted by Gasteiger charge is -2.08. The maximum atomic E-state index is 12.0. The SMILES string of the molecule is Cc1cnccc1NC(=O)c1ccc(I)c(Cl)c1. The molecule has 3 nitrogen and oxygen atoms in total. The quantitative estimate of drug-likeness (QED) is 0.813. The zero-order chi connectivity index (χ0) is 13.1. The first kappa shape index (κ1) is 13.3. The summed E-state index contributed by atoms with van der Waals surface area (Å²) in [6.45, 7) is 1.89. The summed E-state index contributed by atoms with van der Waals surface area (Å²) >= 11 is 8.12. The van der Waals surface area contributed by atoms with Gasteiger partial charge in [-0.25, -0.2) is 0 Å². The number of aromatic nitrogens is 1. The highest BCUT2D eigenvalue weighted by Crippen LogP contribution is 2.20. The van der Waals surface area contributed by atoms with E-state index < -0.39 is 0 Å². The average Bonchev–Trinajstić information content (AvgIpc) is 2.35. The minimum Gasteiger partial charge on any atom is -0.322 e. The maximum Gasteiger partial charge on any atom is 0.255 e. The molecule has 1 aromatic carbocycles. The van der Waals surface area contributed by atoms with Gasteiger partial charge in [-0.05, 0) is 59.3 Å². The second kappa shape index (κ2) is 5.67. The zero-order valence-electron chi connectivity index (χ0n) is 9.58. The predicted octanol–water partition coefficient (Wildman–Crippen LogP) is 3.90. The molecule has 1 aromatic heterocycles. The largest absolute Gasteiger partial charge is 0.322 e. The van der Waals surface area contributed by atoms with Crippen LogP contribution in [0.2, 0.25) is 5.02 Å². The monoisotopic (exact) mass is 372 g/mol. The Morgan fingerprint density at radius 2 is 2.17 bits per heavy atom. The van der Waals surface area contributed by atoms with Crippen LogP contribution in [0, 0.1) is 10.5 Å². The van der Waals surface area contributed by atoms with Crippen LogP contribution in [0.25, 0.3) is 0 Å². The van der Waals surface area contributed by atoms with E-state index in [-0.39, 0.29) is 5.91 Å². The van der Waals surface area contributed by atoms with Gasteiger partial charge in [-0.15, -0.1) is 0 Å². The van der Waals surface area contributed by atoms with Gasteiger partial charge in [-0.2, -0.15) is 0 Å². The number of rotatable bonds is 2. The number of carbonyl (C=O) groups is 1. The molecular formula is C13H10ClIN2O. The summed E-state index contributed by atoms with van der Waals surface area (Å²) in [5.41, 5.74) is 2.21. The lowest BCUT2D eigenvalue weighted by Crippen LogP contribution is -2.12. The Morgan fingerprint density at radius 1 is 1.39 bits per heavy atom. The lowest BCUT2D eigenvalue weighted by atomic mass is 10.2. The van der Waals surface area contributed by atoms with Gasteiger partial charge in [0.15, 0.2) is 0 Å². The molecule has 0 saturated heterocycles. The smallest absolute Gasteiger partial charge is 0.255 e. The first-order chi connectivity index (χ1) is 8.58. The van der Waals surface area contributed by atoms with Crippen molar-refractivity contribution in [2.75, 3.05) is 5.32 Å². The number of halogens is 2. The van der Waals surface area contributed by atoms with E-state index in [1.54, 1.807) is 30.6 Å². The molecule has 1 N–H and O–H groups in total. The van der Waals surface area contributed by atoms with Crippen LogP contribution in [0.1, 0.15) is 15.9 Å². The first-order valence-corrected chi connectivity index (χ1v) is 6.70. The van der Waals surface area contributed by atoms with Crippen molar-refractivity contribution in [2.24, 2.45) is 0 Å². The van der Waals surface area contributed by atoms with Gasteiger partial charge in [0, 0.05) is 27.2 Å². The van der Waals surface area contributed by atoms with Crippen LogP contribution in [0.15, 0.2) is 36.7 Å². The number of hydrogen-bond donors (Lipinski definition) is 1. The van der Waals surface area contributed by atoms with E-state index in [0.29, 0.717) is 10.6 Å². The van der Waals surface area contributed by atoms with E-state index in [1.807, 2.05) is 13.0 Å². The highest BCUT2D eigenvalue weighted by molar-refractivity contribution is 14.1. The fourth-order valence-electron chi connectivity index (χ4n) is 1.45. The molecule has 92 valence electrons. The molecule has 1 amide bonds. The molecule has 0 saturated carbocycles. The van der Waals surface area contributed by atoms with Crippen molar-refractivity contribution in [1.29, 1.82) is 0 Å². The summed E-state index contributed by atoms with van der Waals surface area (Å²) in [4.78, 5) is 16.0. The van der Waals surface area contributed by atoms with E-state index in [0.717, 1.165) is 14.8 Å². The van der Waals surface area contributed by atoms with E-state index in [9.17, 15) is 4.79 Å². The number of pyridine rings is 1. The van der Waals surface area contributed by atoms with Gasteiger partial charge >= 0.3 is 0 Å². The third-order valence-electron chi connectivity index (χ3n) is 2.45. The van der Waals surface area contributed by atoms with Crippen molar-refractivity contribution in [3.8, 4) is 0 Å². The third-order valence-corrected chi connectivity index (χ3v) is 4.02. The van der Waals surface area contributed by atoms with Crippen molar-refractivity contribution in [2.45, 2.75) is 6.92 Å². The van der Waals surface area contributed by atoms with E-state index in [1.165, 1.54) is 0 Å². The van der Waals surface area contributed by atoms with Gasteiger partial charge in [0.05, 0.1) is 5.02 Å². The summed E-state index contributed by atoms with van der Waals surface area (Å²) in [6.07, 6.45) is 3.35. The van der Waals surface area contributed by atoms with Crippen LogP contribution in [0.5, 0.6) is 0 Å². The predicted molar refractivity (Wildman–Crippen MR) is 81.1 cm³/mol. The molecule has 0 aliphatic rings. The Morgan fingerprint density at radius 3 is 2.83 bits per heavy atom. The Hall–Kier alpha value is -1.14. The summed E-state index contributed by atoms with van der Waals surface area (Å²) < 4.78 is 0.922. The third kappa shape index (κ3) is 3.00. The van der Waals surface area contributed by atoms with Crippen molar-refractivity contribution in [3.63, 3.8) is 0 Å². The second-order valence-corrected chi connectivity index (χ2v) is 5.34. The molecule has 0 unspecified atom stereocenters. The molecular weight excluding hydrogens is 363 g/mol. The number of anilines is 1. The van der Waals surface area contributed by atoms with Gasteiger partial charge in [0.25, 0.3) is 5.91 Å². The minimum absolute atomic E-state index is 0.178. The molecule has 2 aromatic rings. The van der Waals surface area contributed by atoms with Gasteiger partial charge in [-0.3, -0.25) is 9.78 Å². The minimum atomic E-state index is -0.178. The molecule has 0 aliphatic heterocycles. The molecule has 0 bridgehead atoms. The van der Waals surface area contributed by atoms with E-state index in [4.69, 9.17) is 11.6 Å². The van der Waals surface area contributed by atoms with Crippen molar-refractivity contribution in [1.82, 2.24) is 4.98 Å². The molecule has 2 rings (SSSR count). The number of amides is 1. The van der Waals surface area contributed by atoms with Gasteiger partial charge in [-0.1, -0.05) is 11.6 Å². The topological polar surface area (TPSA) is 42.0 Å². The number of aryl methyl sites for hydroxylation is 1. The van der Waals surface area contributed by atoms with E-state index in [2.05, 4.69) is 32.9 Å². The molecule has 0 aliphatic carbocycles. The lowest BCUT2D eigenvalue weighted by molar-refractivity contribution is 0.102. The highest BCUT2D eigenvalue weighted by Gasteiger charge is 2.09. The van der Waals surface area contributed by atoms with Gasteiger partial charge in [0.1, 0.15) is 0 Å². The summed E-state index contributed by atoms with van der Waals surface area (Å²) in [5, 5.41) is 3.41. The van der Waals surface area contributed by atoms with Crippen LogP contribution in [0.4, 0.5) is 5.69 Å².